The third-order valence-electron chi connectivity index (χ3n) is 22.7. The molecule has 4 saturated carbocycles. The fourth-order valence-electron chi connectivity index (χ4n) is 15.6. The summed E-state index contributed by atoms with van der Waals surface area (Å²) in [6, 6.07) is 0. The second-order valence-corrected chi connectivity index (χ2v) is 30.6. The molecular formula is C69H138O5. The van der Waals surface area contributed by atoms with Crippen molar-refractivity contribution in [2.45, 2.75) is 301 Å². The Morgan fingerprint density at radius 1 is 0.284 bits per heavy atom. The lowest BCUT2D eigenvalue weighted by molar-refractivity contribution is -0.310. The lowest BCUT2D eigenvalue weighted by atomic mass is 9.50. The Bertz CT molecular complexity index is 1330. The summed E-state index contributed by atoms with van der Waals surface area (Å²) in [6.45, 7) is 70.9. The third kappa shape index (κ3) is 17.4. The average molecular weight is 1050 g/mol. The Morgan fingerprint density at radius 2 is 0.568 bits per heavy atom. The summed E-state index contributed by atoms with van der Waals surface area (Å²) < 4.78 is 22.4. The highest BCUT2D eigenvalue weighted by Crippen LogP contribution is 2.58. The molecule has 3 aliphatic heterocycles. The zero-order valence-electron chi connectivity index (χ0n) is 55.9. The van der Waals surface area contributed by atoms with E-state index in [1.54, 1.807) is 0 Å². The number of aliphatic hydroxyl groups is 1. The van der Waals surface area contributed by atoms with Gasteiger partial charge in [-0.15, -0.1) is 0 Å². The standard InChI is InChI=1S/C11H22O.C11H22.C10H20O2.C10H20.2C9H18O.C9H18/c1-8(2)11(9(3)4)6-10(5,12)7-11;1-9(2)11(10(3)4)7-5-6-8-11;1-8(2)10(9(3)4)11-6-5-7-12-10;1-8(2)10(9(3)4)6-5-7-10;1-7(2)9(8(3)4)5-10-6-9;1-7(2)9(8(3)4)5-6-10-9;1-7(2)9(5-6-9)8(3)4/h8-9,12H,6-7H2,1-5H3;9-10H,5-8H2,1-4H3;8-9H,5-7H2,1-4H3;8-9H,5-7H2,1-4H3;2*7-8H,5-6H2,1-4H3;7-8H,5-6H2,1-4H3. The molecule has 74 heavy (non-hydrogen) atoms. The Morgan fingerprint density at radius 3 is 0.649 bits per heavy atom. The van der Waals surface area contributed by atoms with Gasteiger partial charge in [-0.2, -0.15) is 0 Å². The van der Waals surface area contributed by atoms with Crippen molar-refractivity contribution < 1.29 is 24.1 Å². The summed E-state index contributed by atoms with van der Waals surface area (Å²) in [5.74, 6) is 10.1. The largest absolute Gasteiger partial charge is 0.390 e. The van der Waals surface area contributed by atoms with Gasteiger partial charge in [-0.05, 0) is 157 Å². The Kier molecular flexibility index (Phi) is 29.1. The number of hydrogen-bond acceptors (Lipinski definition) is 5. The predicted molar refractivity (Wildman–Crippen MR) is 325 cm³/mol. The smallest absolute Gasteiger partial charge is 0.172 e. The van der Waals surface area contributed by atoms with E-state index in [1.165, 1.54) is 64.2 Å². The molecule has 7 rings (SSSR count). The third-order valence-corrected chi connectivity index (χ3v) is 22.7. The van der Waals surface area contributed by atoms with Crippen LogP contribution in [0.5, 0.6) is 0 Å². The van der Waals surface area contributed by atoms with Gasteiger partial charge in [0.2, 0.25) is 0 Å². The maximum atomic E-state index is 9.75. The summed E-state index contributed by atoms with van der Waals surface area (Å²) >= 11 is 0. The zero-order valence-corrected chi connectivity index (χ0v) is 55.9. The molecule has 4 aliphatic carbocycles. The maximum absolute atomic E-state index is 9.75. The molecule has 0 aromatic rings. The molecule has 3 saturated heterocycles. The molecule has 0 amide bonds. The van der Waals surface area contributed by atoms with Gasteiger partial charge in [0.05, 0.1) is 44.2 Å². The van der Waals surface area contributed by atoms with E-state index >= 15 is 0 Å². The summed E-state index contributed by atoms with van der Waals surface area (Å²) in [5.41, 5.74) is 2.91. The molecule has 444 valence electrons. The minimum absolute atomic E-state index is 0.222. The lowest BCUT2D eigenvalue weighted by Crippen LogP contribution is -2.55. The topological polar surface area (TPSA) is 57.2 Å². The molecule has 0 radical (unpaired) electrons. The zero-order chi connectivity index (χ0) is 57.6. The summed E-state index contributed by atoms with van der Waals surface area (Å²) in [4.78, 5) is 0. The quantitative estimate of drug-likeness (QED) is 0.188. The van der Waals surface area contributed by atoms with Crippen molar-refractivity contribution in [2.75, 3.05) is 33.0 Å². The molecule has 3 heterocycles. The number of ether oxygens (including phenoxy) is 4. The Balaban J connectivity index is 0.000000432. The van der Waals surface area contributed by atoms with Gasteiger partial charge in [0.25, 0.3) is 0 Å². The van der Waals surface area contributed by atoms with Crippen LogP contribution in [0.2, 0.25) is 0 Å². The first-order chi connectivity index (χ1) is 33.9. The van der Waals surface area contributed by atoms with E-state index in [0.717, 1.165) is 110 Å². The maximum Gasteiger partial charge on any atom is 0.172 e. The SMILES string of the molecule is CC(C)C1(C(C)C)CC(C)(O)C1.CC(C)C1(C(C)C)CC1.CC(C)C1(C(C)C)CCC1.CC(C)C1(C(C)C)CCCC1.CC(C)C1(C(C)C)CCO1.CC(C)C1(C(C)C)COC1.CC(C)C1(C(C)C)OCCCO1. The summed E-state index contributed by atoms with van der Waals surface area (Å²) in [5, 5.41) is 9.75. The van der Waals surface area contributed by atoms with Crippen molar-refractivity contribution in [1.29, 1.82) is 0 Å². The van der Waals surface area contributed by atoms with E-state index in [4.69, 9.17) is 18.9 Å². The van der Waals surface area contributed by atoms with Crippen LogP contribution in [0.15, 0.2) is 0 Å². The normalized spacial score (nSPS) is 23.8. The first kappa shape index (κ1) is 71.8. The molecule has 7 fully saturated rings. The summed E-state index contributed by atoms with van der Waals surface area (Å²) in [7, 11) is 0. The molecule has 1 N–H and O–H groups in total. The van der Waals surface area contributed by atoms with Crippen molar-refractivity contribution in [1.82, 2.24) is 0 Å². The molecule has 5 heteroatoms. The van der Waals surface area contributed by atoms with Crippen molar-refractivity contribution in [3.63, 3.8) is 0 Å². The van der Waals surface area contributed by atoms with Crippen LogP contribution < -0.4 is 0 Å². The highest BCUT2D eigenvalue weighted by atomic mass is 16.7. The van der Waals surface area contributed by atoms with E-state index in [0.29, 0.717) is 51.8 Å². The van der Waals surface area contributed by atoms with Crippen LogP contribution in [0.3, 0.4) is 0 Å². The fraction of sp³-hybridized carbons (Fsp3) is 1.00. The van der Waals surface area contributed by atoms with Gasteiger partial charge in [-0.3, -0.25) is 0 Å². The molecular weight excluding hydrogens is 909 g/mol. The van der Waals surface area contributed by atoms with Crippen LogP contribution in [0.1, 0.15) is 284 Å². The van der Waals surface area contributed by atoms with Gasteiger partial charge in [0.1, 0.15) is 0 Å². The Labute approximate surface area is 466 Å². The van der Waals surface area contributed by atoms with Crippen molar-refractivity contribution in [3.8, 4) is 0 Å². The Hall–Kier alpha value is -0.200. The van der Waals surface area contributed by atoms with Gasteiger partial charge in [-0.25, -0.2) is 0 Å². The molecule has 0 unspecified atom stereocenters. The minimum atomic E-state index is -0.380. The van der Waals surface area contributed by atoms with Gasteiger partial charge in [-0.1, -0.05) is 213 Å². The first-order valence-electron chi connectivity index (χ1n) is 32.1. The number of rotatable bonds is 14. The van der Waals surface area contributed by atoms with Gasteiger partial charge < -0.3 is 24.1 Å². The van der Waals surface area contributed by atoms with Crippen molar-refractivity contribution >= 4 is 0 Å². The van der Waals surface area contributed by atoms with Crippen LogP contribution in [0.4, 0.5) is 0 Å². The van der Waals surface area contributed by atoms with E-state index in [2.05, 4.69) is 194 Å². The summed E-state index contributed by atoms with van der Waals surface area (Å²) in [6.07, 6.45) is 17.5. The van der Waals surface area contributed by atoms with Gasteiger partial charge in [0.15, 0.2) is 5.79 Å². The minimum Gasteiger partial charge on any atom is -0.390 e. The average Bonchev–Trinajstić information content (AvgIpc) is 3.88. The second kappa shape index (κ2) is 30.0. The molecule has 5 nitrogen and oxygen atoms in total. The second-order valence-electron chi connectivity index (χ2n) is 30.6. The van der Waals surface area contributed by atoms with E-state index in [-0.39, 0.29) is 17.0 Å². The molecule has 0 aromatic heterocycles. The lowest BCUT2D eigenvalue weighted by Gasteiger charge is -2.57. The van der Waals surface area contributed by atoms with Crippen molar-refractivity contribution in [2.24, 2.45) is 110 Å². The van der Waals surface area contributed by atoms with Crippen LogP contribution in [-0.4, -0.2) is 55.1 Å². The van der Waals surface area contributed by atoms with Crippen molar-refractivity contribution in [3.05, 3.63) is 0 Å². The first-order valence-corrected chi connectivity index (χ1v) is 32.1. The monoisotopic (exact) mass is 1050 g/mol. The fourth-order valence-corrected chi connectivity index (χ4v) is 15.6. The van der Waals surface area contributed by atoms with E-state index in [9.17, 15) is 5.11 Å². The van der Waals surface area contributed by atoms with Gasteiger partial charge >= 0.3 is 0 Å². The van der Waals surface area contributed by atoms with Crippen LogP contribution >= 0.6 is 0 Å². The molecule has 7 aliphatic rings. The van der Waals surface area contributed by atoms with Crippen LogP contribution in [-0.2, 0) is 18.9 Å². The highest BCUT2D eigenvalue weighted by Gasteiger charge is 2.54. The number of hydrogen-bond donors (Lipinski definition) is 1. The van der Waals surface area contributed by atoms with Crippen LogP contribution in [0.25, 0.3) is 0 Å². The van der Waals surface area contributed by atoms with Crippen LogP contribution in [0, 0.1) is 110 Å². The molecule has 0 atom stereocenters. The van der Waals surface area contributed by atoms with E-state index < -0.39 is 0 Å². The molecule has 0 spiro atoms. The molecule has 0 bridgehead atoms. The predicted octanol–water partition coefficient (Wildman–Crippen LogP) is 20.4. The highest BCUT2D eigenvalue weighted by molar-refractivity contribution is 5.05. The van der Waals surface area contributed by atoms with E-state index in [1.807, 2.05) is 6.92 Å². The van der Waals surface area contributed by atoms with Gasteiger partial charge in [0, 0.05) is 23.7 Å². The molecule has 0 aromatic carbocycles.